The van der Waals surface area contributed by atoms with Crippen LogP contribution in [-0.2, 0) is 9.22 Å². The summed E-state index contributed by atoms with van der Waals surface area (Å²) in [5, 5.41) is 0. The zero-order valence-corrected chi connectivity index (χ0v) is 17.9. The molecule has 0 aromatic carbocycles. The van der Waals surface area contributed by atoms with Crippen molar-refractivity contribution in [3.8, 4) is 0 Å². The molecular formula is C22H36O2Si. The first-order valence-electron chi connectivity index (χ1n) is 10.6. The van der Waals surface area contributed by atoms with Gasteiger partial charge in [0.25, 0.3) is 0 Å². The first-order chi connectivity index (χ1) is 11.6. The van der Waals surface area contributed by atoms with Crippen molar-refractivity contribution in [3.05, 3.63) is 11.6 Å². The van der Waals surface area contributed by atoms with E-state index < -0.39 is 8.32 Å². The van der Waals surface area contributed by atoms with E-state index in [1.165, 1.54) is 32.1 Å². The van der Waals surface area contributed by atoms with Crippen molar-refractivity contribution < 1.29 is 9.22 Å². The number of carbonyl (C=O) groups excluding carboxylic acids is 1. The molecule has 0 bridgehead atoms. The third-order valence-corrected chi connectivity index (χ3v) is 9.25. The molecule has 0 spiro atoms. The third-order valence-electron chi connectivity index (χ3n) is 8.21. The summed E-state index contributed by atoms with van der Waals surface area (Å²) in [6.45, 7) is 11.8. The second kappa shape index (κ2) is 5.79. The average Bonchev–Trinajstić information content (AvgIpc) is 2.82. The van der Waals surface area contributed by atoms with E-state index in [-0.39, 0.29) is 5.41 Å². The SMILES string of the molecule is C[C@]12CC[C@@H](O[Si](C)(C)C)C[C@@H]1CC[C@@H]1C2=CC[C@]2(C)C(=O)CC[C@@H]12. The molecule has 140 valence electrons. The molecule has 4 aliphatic rings. The van der Waals surface area contributed by atoms with Gasteiger partial charge in [0.2, 0.25) is 0 Å². The van der Waals surface area contributed by atoms with Crippen molar-refractivity contribution >= 4 is 14.1 Å². The Morgan fingerprint density at radius 1 is 1.08 bits per heavy atom. The van der Waals surface area contributed by atoms with Crippen molar-refractivity contribution in [1.29, 1.82) is 0 Å². The number of fused-ring (bicyclic) bond motifs is 5. The lowest BCUT2D eigenvalue weighted by atomic mass is 9.49. The fourth-order valence-corrected chi connectivity index (χ4v) is 8.09. The quantitative estimate of drug-likeness (QED) is 0.464. The molecule has 6 atom stereocenters. The van der Waals surface area contributed by atoms with Crippen LogP contribution in [0.1, 0.15) is 65.2 Å². The minimum atomic E-state index is -1.45. The van der Waals surface area contributed by atoms with Crippen LogP contribution in [0.3, 0.4) is 0 Å². The van der Waals surface area contributed by atoms with Gasteiger partial charge in [-0.05, 0) is 87.8 Å². The van der Waals surface area contributed by atoms with Gasteiger partial charge in [-0.15, -0.1) is 0 Å². The maximum absolute atomic E-state index is 12.5. The Hall–Kier alpha value is -0.413. The van der Waals surface area contributed by atoms with Crippen LogP contribution in [0, 0.1) is 28.6 Å². The van der Waals surface area contributed by atoms with Gasteiger partial charge in [-0.1, -0.05) is 25.5 Å². The van der Waals surface area contributed by atoms with E-state index in [4.69, 9.17) is 4.43 Å². The summed E-state index contributed by atoms with van der Waals surface area (Å²) >= 11 is 0. The first-order valence-corrected chi connectivity index (χ1v) is 14.0. The van der Waals surface area contributed by atoms with Crippen molar-refractivity contribution in [2.24, 2.45) is 28.6 Å². The zero-order valence-electron chi connectivity index (χ0n) is 16.9. The predicted octanol–water partition coefficient (Wildman–Crippen LogP) is 5.74. The molecule has 0 aromatic heterocycles. The topological polar surface area (TPSA) is 26.3 Å². The van der Waals surface area contributed by atoms with Crippen LogP contribution in [0.2, 0.25) is 19.6 Å². The molecule has 0 aliphatic heterocycles. The molecule has 0 saturated heterocycles. The Bertz CT molecular complexity index is 604. The van der Waals surface area contributed by atoms with Crippen LogP contribution < -0.4 is 0 Å². The van der Waals surface area contributed by atoms with Crippen LogP contribution in [0.25, 0.3) is 0 Å². The summed E-state index contributed by atoms with van der Waals surface area (Å²) in [6.07, 6.45) is 12.4. The summed E-state index contributed by atoms with van der Waals surface area (Å²) in [5.41, 5.74) is 2.07. The van der Waals surface area contributed by atoms with Gasteiger partial charge in [0, 0.05) is 17.9 Å². The Morgan fingerprint density at radius 2 is 1.84 bits per heavy atom. The number of allylic oxidation sites excluding steroid dienone is 2. The van der Waals surface area contributed by atoms with E-state index in [0.29, 0.717) is 29.1 Å². The van der Waals surface area contributed by atoms with E-state index in [1.807, 2.05) is 0 Å². The lowest BCUT2D eigenvalue weighted by Gasteiger charge is -2.56. The number of carbonyl (C=O) groups is 1. The van der Waals surface area contributed by atoms with Gasteiger partial charge in [-0.3, -0.25) is 4.79 Å². The highest BCUT2D eigenvalue weighted by Crippen LogP contribution is 2.63. The van der Waals surface area contributed by atoms with E-state index in [1.54, 1.807) is 5.57 Å². The number of rotatable bonds is 2. The Labute approximate surface area is 154 Å². The van der Waals surface area contributed by atoms with Crippen molar-refractivity contribution in [3.63, 3.8) is 0 Å². The van der Waals surface area contributed by atoms with E-state index in [9.17, 15) is 4.79 Å². The number of ketones is 1. The molecule has 0 N–H and O–H groups in total. The van der Waals surface area contributed by atoms with Crippen LogP contribution in [0.15, 0.2) is 11.6 Å². The summed E-state index contributed by atoms with van der Waals surface area (Å²) < 4.78 is 6.48. The van der Waals surface area contributed by atoms with Crippen LogP contribution in [0.5, 0.6) is 0 Å². The summed E-state index contributed by atoms with van der Waals surface area (Å²) in [6, 6.07) is 0. The maximum Gasteiger partial charge on any atom is 0.184 e. The van der Waals surface area contributed by atoms with Gasteiger partial charge < -0.3 is 4.43 Å². The fourth-order valence-electron chi connectivity index (χ4n) is 6.88. The second-order valence-corrected chi connectivity index (χ2v) is 15.2. The lowest BCUT2D eigenvalue weighted by Crippen LogP contribution is -2.49. The smallest absolute Gasteiger partial charge is 0.184 e. The third kappa shape index (κ3) is 2.81. The summed E-state index contributed by atoms with van der Waals surface area (Å²) in [4.78, 5) is 12.5. The van der Waals surface area contributed by atoms with Gasteiger partial charge in [0.05, 0.1) is 0 Å². The van der Waals surface area contributed by atoms with Gasteiger partial charge in [-0.2, -0.15) is 0 Å². The molecule has 3 saturated carbocycles. The number of hydrogen-bond acceptors (Lipinski definition) is 2. The standard InChI is InChI=1S/C22H36O2Si/c1-21-12-10-16(24-25(3,4)5)14-15(21)6-7-17-18-8-9-20(23)22(18,2)13-11-19(17)21/h11,15-18H,6-10,12-14H2,1-5H3/t15-,16+,17-,18-,21-,22-/m0/s1. The molecule has 0 unspecified atom stereocenters. The first kappa shape index (κ1) is 18.0. The highest BCUT2D eigenvalue weighted by Gasteiger charge is 2.57. The average molecular weight is 361 g/mol. The van der Waals surface area contributed by atoms with Crippen LogP contribution >= 0.6 is 0 Å². The molecule has 4 rings (SSSR count). The minimum absolute atomic E-state index is 0.0461. The highest BCUT2D eigenvalue weighted by molar-refractivity contribution is 6.69. The second-order valence-electron chi connectivity index (χ2n) is 10.8. The number of Topliss-reactive ketones (excluding diaryl/α,β-unsaturated/α-hetero) is 1. The maximum atomic E-state index is 12.5. The summed E-state index contributed by atoms with van der Waals surface area (Å²) in [5.74, 6) is 2.62. The summed E-state index contributed by atoms with van der Waals surface area (Å²) in [7, 11) is -1.45. The van der Waals surface area contributed by atoms with Crippen LogP contribution in [0.4, 0.5) is 0 Å². The molecule has 0 aromatic rings. The van der Waals surface area contributed by atoms with Gasteiger partial charge in [0.1, 0.15) is 5.78 Å². The minimum Gasteiger partial charge on any atom is -0.415 e. The lowest BCUT2D eigenvalue weighted by molar-refractivity contribution is -0.127. The van der Waals surface area contributed by atoms with Gasteiger partial charge in [0.15, 0.2) is 8.32 Å². The Balaban J connectivity index is 1.57. The van der Waals surface area contributed by atoms with E-state index >= 15 is 0 Å². The largest absolute Gasteiger partial charge is 0.415 e. The molecule has 2 nitrogen and oxygen atoms in total. The Kier molecular flexibility index (Phi) is 4.16. The predicted molar refractivity (Wildman–Crippen MR) is 105 cm³/mol. The van der Waals surface area contributed by atoms with Crippen molar-refractivity contribution in [2.45, 2.75) is 91.0 Å². The van der Waals surface area contributed by atoms with Crippen LogP contribution in [-0.4, -0.2) is 20.2 Å². The molecular weight excluding hydrogens is 324 g/mol. The van der Waals surface area contributed by atoms with E-state index in [2.05, 4.69) is 39.6 Å². The normalized spacial score (nSPS) is 46.9. The molecule has 0 radical (unpaired) electrons. The van der Waals surface area contributed by atoms with Gasteiger partial charge >= 0.3 is 0 Å². The molecule has 0 heterocycles. The number of hydrogen-bond donors (Lipinski definition) is 0. The molecule has 0 amide bonds. The molecule has 3 fully saturated rings. The monoisotopic (exact) mass is 360 g/mol. The molecule has 4 aliphatic carbocycles. The van der Waals surface area contributed by atoms with Gasteiger partial charge in [-0.25, -0.2) is 0 Å². The van der Waals surface area contributed by atoms with Crippen molar-refractivity contribution in [1.82, 2.24) is 0 Å². The van der Waals surface area contributed by atoms with Crippen molar-refractivity contribution in [2.75, 3.05) is 0 Å². The van der Waals surface area contributed by atoms with E-state index in [0.717, 1.165) is 25.2 Å². The Morgan fingerprint density at radius 3 is 2.56 bits per heavy atom. The molecule has 25 heavy (non-hydrogen) atoms. The highest BCUT2D eigenvalue weighted by atomic mass is 28.4. The zero-order chi connectivity index (χ0) is 18.0. The fraction of sp³-hybridized carbons (Fsp3) is 0.864. The molecule has 3 heteroatoms.